The van der Waals surface area contributed by atoms with E-state index in [0.717, 1.165) is 5.56 Å². The summed E-state index contributed by atoms with van der Waals surface area (Å²) in [6.07, 6.45) is 1.12. The number of hydrogen-bond donors (Lipinski definition) is 1. The van der Waals surface area contributed by atoms with E-state index in [0.29, 0.717) is 22.9 Å². The van der Waals surface area contributed by atoms with Crippen LogP contribution in [0.2, 0.25) is 10.0 Å². The second-order valence-electron chi connectivity index (χ2n) is 4.15. The first-order valence-electron chi connectivity index (χ1n) is 5.76. The first kappa shape index (κ1) is 15.8. The number of benzene rings is 1. The number of rotatable bonds is 6. The highest BCUT2D eigenvalue weighted by atomic mass is 35.5. The molecule has 0 spiro atoms. The van der Waals surface area contributed by atoms with Gasteiger partial charge in [-0.25, -0.2) is 8.42 Å². The van der Waals surface area contributed by atoms with Gasteiger partial charge in [-0.1, -0.05) is 36.2 Å². The van der Waals surface area contributed by atoms with E-state index in [9.17, 15) is 8.42 Å². The lowest BCUT2D eigenvalue weighted by Gasteiger charge is -2.13. The third-order valence-corrected chi connectivity index (χ3v) is 5.13. The van der Waals surface area contributed by atoms with Crippen molar-refractivity contribution in [3.8, 4) is 0 Å². The number of nitrogens with two attached hydrogens (primary N) is 1. The maximum Gasteiger partial charge on any atom is 0.150 e. The zero-order valence-corrected chi connectivity index (χ0v) is 12.5. The molecular weight excluding hydrogens is 293 g/mol. The van der Waals surface area contributed by atoms with Gasteiger partial charge < -0.3 is 5.73 Å². The Hall–Kier alpha value is -0.290. The smallest absolute Gasteiger partial charge is 0.150 e. The van der Waals surface area contributed by atoms with Gasteiger partial charge in [0.05, 0.1) is 5.75 Å². The van der Waals surface area contributed by atoms with Crippen LogP contribution in [-0.2, 0) is 9.84 Å². The maximum absolute atomic E-state index is 11.3. The molecule has 0 saturated carbocycles. The first-order chi connectivity index (χ1) is 8.35. The fourth-order valence-corrected chi connectivity index (χ4v) is 3.07. The van der Waals surface area contributed by atoms with Gasteiger partial charge in [-0.15, -0.1) is 0 Å². The van der Waals surface area contributed by atoms with E-state index >= 15 is 0 Å². The average Bonchev–Trinajstić information content (AvgIpc) is 2.28. The van der Waals surface area contributed by atoms with Crippen LogP contribution in [0.3, 0.4) is 0 Å². The minimum atomic E-state index is -2.92. The minimum Gasteiger partial charge on any atom is -0.324 e. The molecule has 1 atom stereocenters. The minimum absolute atomic E-state index is 0.169. The molecule has 0 fully saturated rings. The molecule has 0 aliphatic carbocycles. The van der Waals surface area contributed by atoms with Crippen molar-refractivity contribution in [2.24, 2.45) is 5.73 Å². The summed E-state index contributed by atoms with van der Waals surface area (Å²) in [6, 6.07) is 4.89. The van der Waals surface area contributed by atoms with Gasteiger partial charge in [-0.3, -0.25) is 0 Å². The number of hydrogen-bond acceptors (Lipinski definition) is 3. The molecule has 2 N–H and O–H groups in total. The van der Waals surface area contributed by atoms with Crippen molar-refractivity contribution in [2.75, 3.05) is 11.5 Å². The molecule has 0 saturated heterocycles. The second kappa shape index (κ2) is 6.75. The first-order valence-corrected chi connectivity index (χ1v) is 8.34. The summed E-state index contributed by atoms with van der Waals surface area (Å²) in [4.78, 5) is 0. The highest BCUT2D eigenvalue weighted by molar-refractivity contribution is 7.91. The SMILES string of the molecule is CCS(=O)(=O)CCCC(N)c1ccc(Cl)cc1Cl. The Morgan fingerprint density at radius 2 is 2.00 bits per heavy atom. The average molecular weight is 310 g/mol. The molecule has 1 aromatic carbocycles. The lowest BCUT2D eigenvalue weighted by molar-refractivity contribution is 0.584. The zero-order valence-electron chi connectivity index (χ0n) is 10.2. The molecule has 18 heavy (non-hydrogen) atoms. The lowest BCUT2D eigenvalue weighted by atomic mass is 10.0. The summed E-state index contributed by atoms with van der Waals surface area (Å²) in [6.45, 7) is 1.64. The third kappa shape index (κ3) is 4.76. The normalized spacial score (nSPS) is 13.6. The van der Waals surface area contributed by atoms with Crippen LogP contribution < -0.4 is 5.73 Å². The van der Waals surface area contributed by atoms with Crippen molar-refractivity contribution in [3.05, 3.63) is 33.8 Å². The van der Waals surface area contributed by atoms with Crippen LogP contribution in [0.4, 0.5) is 0 Å². The molecule has 3 nitrogen and oxygen atoms in total. The Kier molecular flexibility index (Phi) is 5.92. The summed E-state index contributed by atoms with van der Waals surface area (Å²) >= 11 is 11.8. The van der Waals surface area contributed by atoms with Crippen molar-refractivity contribution >= 4 is 33.0 Å². The van der Waals surface area contributed by atoms with Gasteiger partial charge in [0.1, 0.15) is 9.84 Å². The molecule has 0 amide bonds. The molecule has 102 valence electrons. The standard InChI is InChI=1S/C12H17Cl2NO2S/c1-2-18(16,17)7-3-4-12(15)10-6-5-9(13)8-11(10)14/h5-6,8,12H,2-4,7,15H2,1H3. The molecule has 0 aromatic heterocycles. The van der Waals surface area contributed by atoms with Crippen LogP contribution in [0.1, 0.15) is 31.4 Å². The van der Waals surface area contributed by atoms with E-state index in [1.54, 1.807) is 25.1 Å². The van der Waals surface area contributed by atoms with Crippen LogP contribution in [0.25, 0.3) is 0 Å². The number of sulfone groups is 1. The van der Waals surface area contributed by atoms with E-state index in [4.69, 9.17) is 28.9 Å². The summed E-state index contributed by atoms with van der Waals surface area (Å²) in [5, 5.41) is 1.08. The van der Waals surface area contributed by atoms with Crippen molar-refractivity contribution in [1.82, 2.24) is 0 Å². The largest absolute Gasteiger partial charge is 0.324 e. The van der Waals surface area contributed by atoms with Crippen molar-refractivity contribution in [3.63, 3.8) is 0 Å². The maximum atomic E-state index is 11.3. The highest BCUT2D eigenvalue weighted by Gasteiger charge is 2.13. The topological polar surface area (TPSA) is 60.2 Å². The highest BCUT2D eigenvalue weighted by Crippen LogP contribution is 2.27. The molecule has 6 heteroatoms. The van der Waals surface area contributed by atoms with E-state index in [2.05, 4.69) is 0 Å². The van der Waals surface area contributed by atoms with Gasteiger partial charge in [-0.05, 0) is 30.5 Å². The molecule has 0 aliphatic rings. The lowest BCUT2D eigenvalue weighted by Crippen LogP contribution is -2.14. The van der Waals surface area contributed by atoms with E-state index in [1.807, 2.05) is 0 Å². The Bertz CT molecular complexity index is 503. The van der Waals surface area contributed by atoms with Crippen molar-refractivity contribution in [2.45, 2.75) is 25.8 Å². The molecule has 0 aliphatic heterocycles. The van der Waals surface area contributed by atoms with Gasteiger partial charge in [0.25, 0.3) is 0 Å². The summed E-state index contributed by atoms with van der Waals surface area (Å²) in [5.74, 6) is 0.340. The second-order valence-corrected chi connectivity index (χ2v) is 7.47. The zero-order chi connectivity index (χ0) is 13.8. The van der Waals surface area contributed by atoms with Gasteiger partial charge >= 0.3 is 0 Å². The number of halogens is 2. The monoisotopic (exact) mass is 309 g/mol. The van der Waals surface area contributed by atoms with Crippen molar-refractivity contribution in [1.29, 1.82) is 0 Å². The molecule has 1 unspecified atom stereocenters. The van der Waals surface area contributed by atoms with Crippen molar-refractivity contribution < 1.29 is 8.42 Å². The summed E-state index contributed by atoms with van der Waals surface area (Å²) in [7, 11) is -2.92. The molecule has 1 aromatic rings. The Labute approximate surface area is 118 Å². The molecule has 0 radical (unpaired) electrons. The molecule has 0 bridgehead atoms. The van der Waals surface area contributed by atoms with Crippen LogP contribution in [0.5, 0.6) is 0 Å². The van der Waals surface area contributed by atoms with Crippen LogP contribution in [0.15, 0.2) is 18.2 Å². The predicted octanol–water partition coefficient (Wildman–Crippen LogP) is 3.21. The quantitative estimate of drug-likeness (QED) is 0.877. The van der Waals surface area contributed by atoms with Gasteiger partial charge in [0.15, 0.2) is 0 Å². The predicted molar refractivity (Wildman–Crippen MR) is 77.0 cm³/mol. The summed E-state index contributed by atoms with van der Waals surface area (Å²) in [5.41, 5.74) is 6.80. The van der Waals surface area contributed by atoms with E-state index in [-0.39, 0.29) is 17.5 Å². The van der Waals surface area contributed by atoms with Crippen LogP contribution >= 0.6 is 23.2 Å². The Morgan fingerprint density at radius 1 is 1.33 bits per heavy atom. The van der Waals surface area contributed by atoms with Gasteiger partial charge in [0, 0.05) is 21.8 Å². The summed E-state index contributed by atoms with van der Waals surface area (Å²) < 4.78 is 22.7. The molecule has 0 heterocycles. The molecular formula is C12H17Cl2NO2S. The fraction of sp³-hybridized carbons (Fsp3) is 0.500. The van der Waals surface area contributed by atoms with Gasteiger partial charge in [-0.2, -0.15) is 0 Å². The third-order valence-electron chi connectivity index (χ3n) is 2.77. The Balaban J connectivity index is 2.58. The van der Waals surface area contributed by atoms with E-state index < -0.39 is 9.84 Å². The van der Waals surface area contributed by atoms with Crippen LogP contribution in [0, 0.1) is 0 Å². The fourth-order valence-electron chi connectivity index (χ4n) is 1.63. The Morgan fingerprint density at radius 3 is 2.56 bits per heavy atom. The van der Waals surface area contributed by atoms with E-state index in [1.165, 1.54) is 0 Å². The van der Waals surface area contributed by atoms with Crippen LogP contribution in [-0.4, -0.2) is 19.9 Å². The molecule has 1 rings (SSSR count). The van der Waals surface area contributed by atoms with Gasteiger partial charge in [0.2, 0.25) is 0 Å².